The van der Waals surface area contributed by atoms with Crippen LogP contribution in [0.2, 0.25) is 10.0 Å². The van der Waals surface area contributed by atoms with Gasteiger partial charge in [-0.25, -0.2) is 0 Å². The number of ether oxygens (including phenoxy) is 1. The summed E-state index contributed by atoms with van der Waals surface area (Å²) in [6.45, 7) is 0.716. The van der Waals surface area contributed by atoms with Crippen LogP contribution in [0.25, 0.3) is 0 Å². The molecule has 1 aromatic carbocycles. The molecule has 0 bridgehead atoms. The van der Waals surface area contributed by atoms with Crippen LogP contribution < -0.4 is 0 Å². The molecule has 0 heterocycles. The van der Waals surface area contributed by atoms with Gasteiger partial charge in [0.25, 0.3) is 0 Å². The smallest absolute Gasteiger partial charge is 0.0575 e. The predicted molar refractivity (Wildman–Crippen MR) is 75.6 cm³/mol. The maximum atomic E-state index is 6.08. The molecular weight excluding hydrogens is 279 g/mol. The number of hydrogen-bond donors (Lipinski definition) is 0. The first-order valence-corrected chi connectivity index (χ1v) is 6.57. The van der Waals surface area contributed by atoms with E-state index in [1.54, 1.807) is 0 Å². The first-order chi connectivity index (χ1) is 7.77. The van der Waals surface area contributed by atoms with Crippen molar-refractivity contribution in [2.45, 2.75) is 38.2 Å². The Morgan fingerprint density at radius 3 is 2.29 bits per heavy atom. The van der Waals surface area contributed by atoms with Crippen LogP contribution in [-0.2, 0) is 11.2 Å². The van der Waals surface area contributed by atoms with E-state index in [1.165, 1.54) is 25.7 Å². The molecule has 96 valence electrons. The van der Waals surface area contributed by atoms with Crippen molar-refractivity contribution in [2.75, 3.05) is 6.61 Å². The summed E-state index contributed by atoms with van der Waals surface area (Å²) in [7, 11) is 0. The zero-order chi connectivity index (χ0) is 11.4. The zero-order valence-electron chi connectivity index (χ0n) is 9.62. The quantitative estimate of drug-likeness (QED) is 0.766. The number of hydrogen-bond acceptors (Lipinski definition) is 1. The summed E-state index contributed by atoms with van der Waals surface area (Å²) < 4.78 is 5.80. The van der Waals surface area contributed by atoms with E-state index in [1.807, 2.05) is 18.2 Å². The largest absolute Gasteiger partial charge is 0.378 e. The van der Waals surface area contributed by atoms with Crippen molar-refractivity contribution < 1.29 is 4.74 Å². The summed E-state index contributed by atoms with van der Waals surface area (Å²) in [6, 6.07) is 5.61. The van der Waals surface area contributed by atoms with Gasteiger partial charge in [-0.05, 0) is 37.0 Å². The van der Waals surface area contributed by atoms with E-state index in [9.17, 15) is 0 Å². The number of benzene rings is 1. The van der Waals surface area contributed by atoms with Gasteiger partial charge in [-0.2, -0.15) is 0 Å². The van der Waals surface area contributed by atoms with Crippen molar-refractivity contribution in [3.8, 4) is 0 Å². The molecule has 1 aliphatic rings. The summed E-state index contributed by atoms with van der Waals surface area (Å²) in [5.74, 6) is 0. The second kappa shape index (κ2) is 7.48. The molecule has 1 nitrogen and oxygen atoms in total. The Morgan fingerprint density at radius 1 is 1.12 bits per heavy atom. The van der Waals surface area contributed by atoms with E-state index in [2.05, 4.69) is 0 Å². The first-order valence-electron chi connectivity index (χ1n) is 5.82. The molecule has 0 aliphatic heterocycles. The first kappa shape index (κ1) is 15.1. The highest BCUT2D eigenvalue weighted by Gasteiger charge is 2.15. The minimum absolute atomic E-state index is 0. The summed E-state index contributed by atoms with van der Waals surface area (Å²) in [5, 5.41) is 1.48. The Kier molecular flexibility index (Phi) is 6.65. The molecule has 0 N–H and O–H groups in total. The van der Waals surface area contributed by atoms with Gasteiger partial charge in [-0.1, -0.05) is 42.1 Å². The molecule has 0 radical (unpaired) electrons. The second-order valence-corrected chi connectivity index (χ2v) is 5.04. The fourth-order valence-corrected chi connectivity index (χ4v) is 2.74. The summed E-state index contributed by atoms with van der Waals surface area (Å²) in [5.41, 5.74) is 1.00. The SMILES string of the molecule is Cl.Clc1cccc(Cl)c1CCOC1CCCC1. The van der Waals surface area contributed by atoms with Crippen LogP contribution in [0.1, 0.15) is 31.2 Å². The monoisotopic (exact) mass is 294 g/mol. The molecule has 4 heteroatoms. The molecule has 0 spiro atoms. The van der Waals surface area contributed by atoms with Crippen LogP contribution in [0.3, 0.4) is 0 Å². The fraction of sp³-hybridized carbons (Fsp3) is 0.538. The summed E-state index contributed by atoms with van der Waals surface area (Å²) in [4.78, 5) is 0. The average Bonchev–Trinajstić information content (AvgIpc) is 2.75. The van der Waals surface area contributed by atoms with E-state index in [0.717, 1.165) is 22.0 Å². The number of halogens is 3. The molecule has 1 fully saturated rings. The van der Waals surface area contributed by atoms with E-state index in [-0.39, 0.29) is 12.4 Å². The Hall–Kier alpha value is 0.0500. The van der Waals surface area contributed by atoms with Crippen LogP contribution in [0, 0.1) is 0 Å². The normalized spacial score (nSPS) is 15.9. The maximum absolute atomic E-state index is 6.08. The molecule has 0 atom stereocenters. The second-order valence-electron chi connectivity index (χ2n) is 4.23. The van der Waals surface area contributed by atoms with Gasteiger partial charge in [0.1, 0.15) is 0 Å². The molecule has 1 aromatic rings. The molecule has 0 aromatic heterocycles. The Morgan fingerprint density at radius 2 is 1.71 bits per heavy atom. The lowest BCUT2D eigenvalue weighted by Gasteiger charge is -2.12. The highest BCUT2D eigenvalue weighted by atomic mass is 35.5. The van der Waals surface area contributed by atoms with E-state index in [0.29, 0.717) is 12.7 Å². The topological polar surface area (TPSA) is 9.23 Å². The van der Waals surface area contributed by atoms with E-state index in [4.69, 9.17) is 27.9 Å². The molecule has 1 saturated carbocycles. The van der Waals surface area contributed by atoms with Crippen molar-refractivity contribution in [3.63, 3.8) is 0 Å². The molecule has 0 saturated heterocycles. The molecule has 17 heavy (non-hydrogen) atoms. The third-order valence-corrected chi connectivity index (χ3v) is 3.78. The highest BCUT2D eigenvalue weighted by Crippen LogP contribution is 2.26. The summed E-state index contributed by atoms with van der Waals surface area (Å²) >= 11 is 12.2. The lowest BCUT2D eigenvalue weighted by molar-refractivity contribution is 0.0607. The fourth-order valence-electron chi connectivity index (χ4n) is 2.15. The Labute approximate surface area is 119 Å². The molecule has 1 aliphatic carbocycles. The van der Waals surface area contributed by atoms with Gasteiger partial charge in [0.15, 0.2) is 0 Å². The standard InChI is InChI=1S/C13H16Cl2O.ClH/c14-12-6-3-7-13(15)11(12)8-9-16-10-4-1-2-5-10;/h3,6-7,10H,1-2,4-5,8-9H2;1H. The molecular formula is C13H17Cl3O. The van der Waals surface area contributed by atoms with E-state index < -0.39 is 0 Å². The third kappa shape index (κ3) is 4.33. The van der Waals surface area contributed by atoms with Gasteiger partial charge in [0.2, 0.25) is 0 Å². The predicted octanol–water partition coefficient (Wildman–Crippen LogP) is 4.92. The van der Waals surface area contributed by atoms with Gasteiger partial charge in [-0.3, -0.25) is 0 Å². The Bertz CT molecular complexity index is 328. The molecule has 0 unspecified atom stereocenters. The van der Waals surface area contributed by atoms with Crippen molar-refractivity contribution >= 4 is 35.6 Å². The van der Waals surface area contributed by atoms with Gasteiger partial charge >= 0.3 is 0 Å². The molecule has 0 amide bonds. The van der Waals surface area contributed by atoms with Crippen LogP contribution in [0.5, 0.6) is 0 Å². The van der Waals surface area contributed by atoms with Crippen LogP contribution in [-0.4, -0.2) is 12.7 Å². The lowest BCUT2D eigenvalue weighted by Crippen LogP contribution is -2.10. The van der Waals surface area contributed by atoms with E-state index >= 15 is 0 Å². The van der Waals surface area contributed by atoms with Crippen molar-refractivity contribution in [1.82, 2.24) is 0 Å². The minimum atomic E-state index is 0. The van der Waals surface area contributed by atoms with Crippen LogP contribution in [0.4, 0.5) is 0 Å². The van der Waals surface area contributed by atoms with Crippen LogP contribution >= 0.6 is 35.6 Å². The Balaban J connectivity index is 0.00000144. The zero-order valence-corrected chi connectivity index (χ0v) is 12.0. The van der Waals surface area contributed by atoms with Crippen LogP contribution in [0.15, 0.2) is 18.2 Å². The maximum Gasteiger partial charge on any atom is 0.0575 e. The van der Waals surface area contributed by atoms with Crippen molar-refractivity contribution in [3.05, 3.63) is 33.8 Å². The van der Waals surface area contributed by atoms with Gasteiger partial charge < -0.3 is 4.74 Å². The summed E-state index contributed by atoms with van der Waals surface area (Å²) in [6.07, 6.45) is 6.28. The average molecular weight is 296 g/mol. The minimum Gasteiger partial charge on any atom is -0.378 e. The van der Waals surface area contributed by atoms with Gasteiger partial charge in [0, 0.05) is 10.0 Å². The third-order valence-electron chi connectivity index (χ3n) is 3.07. The molecule has 2 rings (SSSR count). The van der Waals surface area contributed by atoms with Gasteiger partial charge in [-0.15, -0.1) is 12.4 Å². The van der Waals surface area contributed by atoms with Gasteiger partial charge in [0.05, 0.1) is 12.7 Å². The van der Waals surface area contributed by atoms with Crippen molar-refractivity contribution in [1.29, 1.82) is 0 Å². The highest BCUT2D eigenvalue weighted by molar-refractivity contribution is 6.35. The van der Waals surface area contributed by atoms with Crippen molar-refractivity contribution in [2.24, 2.45) is 0 Å². The number of rotatable bonds is 4. The lowest BCUT2D eigenvalue weighted by atomic mass is 10.1.